The van der Waals surface area contributed by atoms with Crippen LogP contribution in [0.15, 0.2) is 66.7 Å². The maximum Gasteiger partial charge on any atom is 0.339 e. The van der Waals surface area contributed by atoms with Gasteiger partial charge in [-0.2, -0.15) is 0 Å². The molecule has 0 saturated carbocycles. The van der Waals surface area contributed by atoms with Crippen LogP contribution < -0.4 is 5.32 Å². The molecule has 168 valence electrons. The molecule has 4 rings (SSSR count). The van der Waals surface area contributed by atoms with Gasteiger partial charge < -0.3 is 10.1 Å². The standard InChI is InChI=1S/C27H26N2O3S/c1-4-18-12-10-11-17(3)24(18)29-25(30)22(5-2)32-27(31)20-14-7-6-13-19(20)26-28-21-15-8-9-16-23(21)33-26/h6-16,22H,4-5H2,1-3H3,(H,29,30). The van der Waals surface area contributed by atoms with Crippen molar-refractivity contribution in [1.82, 2.24) is 4.98 Å². The van der Waals surface area contributed by atoms with Crippen LogP contribution >= 0.6 is 11.3 Å². The number of aromatic nitrogens is 1. The third-order valence-corrected chi connectivity index (χ3v) is 6.64. The number of hydrogen-bond acceptors (Lipinski definition) is 5. The molecule has 1 aromatic heterocycles. The van der Waals surface area contributed by atoms with Gasteiger partial charge in [-0.25, -0.2) is 9.78 Å². The first-order chi connectivity index (χ1) is 16.0. The minimum atomic E-state index is -0.898. The average Bonchev–Trinajstić information content (AvgIpc) is 3.27. The molecule has 1 atom stereocenters. The van der Waals surface area contributed by atoms with Crippen molar-refractivity contribution in [2.24, 2.45) is 0 Å². The third-order valence-electron chi connectivity index (χ3n) is 5.57. The Morgan fingerprint density at radius 2 is 1.76 bits per heavy atom. The van der Waals surface area contributed by atoms with E-state index < -0.39 is 12.1 Å². The molecule has 1 N–H and O–H groups in total. The molecule has 3 aromatic carbocycles. The van der Waals surface area contributed by atoms with Crippen molar-refractivity contribution in [2.45, 2.75) is 39.7 Å². The Bertz CT molecular complexity index is 1280. The number of benzene rings is 3. The molecule has 0 aliphatic rings. The lowest BCUT2D eigenvalue weighted by molar-refractivity contribution is -0.124. The van der Waals surface area contributed by atoms with Gasteiger partial charge in [-0.15, -0.1) is 11.3 Å². The fraction of sp³-hybridized carbons (Fsp3) is 0.222. The van der Waals surface area contributed by atoms with E-state index in [1.54, 1.807) is 12.1 Å². The topological polar surface area (TPSA) is 68.3 Å². The van der Waals surface area contributed by atoms with Gasteiger partial charge in [0.2, 0.25) is 0 Å². The van der Waals surface area contributed by atoms with Gasteiger partial charge in [0.25, 0.3) is 5.91 Å². The molecule has 4 aromatic rings. The van der Waals surface area contributed by atoms with Gasteiger partial charge >= 0.3 is 5.97 Å². The first kappa shape index (κ1) is 22.7. The number of para-hydroxylation sites is 2. The van der Waals surface area contributed by atoms with Crippen molar-refractivity contribution >= 4 is 39.1 Å². The van der Waals surface area contributed by atoms with Crippen LogP contribution in [0.1, 0.15) is 41.8 Å². The summed E-state index contributed by atoms with van der Waals surface area (Å²) >= 11 is 1.52. The second kappa shape index (κ2) is 9.96. The normalized spacial score (nSPS) is 11.8. The van der Waals surface area contributed by atoms with Gasteiger partial charge in [0.05, 0.1) is 15.8 Å². The first-order valence-electron chi connectivity index (χ1n) is 11.1. The Morgan fingerprint density at radius 1 is 1.00 bits per heavy atom. The molecular formula is C27H26N2O3S. The van der Waals surface area contributed by atoms with Crippen LogP contribution in [0.4, 0.5) is 5.69 Å². The van der Waals surface area contributed by atoms with Gasteiger partial charge in [-0.05, 0) is 49.1 Å². The van der Waals surface area contributed by atoms with Crippen molar-refractivity contribution in [3.63, 3.8) is 0 Å². The number of anilines is 1. The largest absolute Gasteiger partial charge is 0.449 e. The summed E-state index contributed by atoms with van der Waals surface area (Å²) in [7, 11) is 0. The molecule has 0 fully saturated rings. The van der Waals surface area contributed by atoms with Crippen molar-refractivity contribution in [3.05, 3.63) is 83.4 Å². The molecule has 1 amide bonds. The summed E-state index contributed by atoms with van der Waals surface area (Å²) in [4.78, 5) is 30.8. The van der Waals surface area contributed by atoms with E-state index in [9.17, 15) is 9.59 Å². The van der Waals surface area contributed by atoms with E-state index in [1.165, 1.54) is 11.3 Å². The maximum atomic E-state index is 13.1. The van der Waals surface area contributed by atoms with E-state index in [0.717, 1.165) is 38.5 Å². The Kier molecular flexibility index (Phi) is 6.84. The number of esters is 1. The van der Waals surface area contributed by atoms with Crippen LogP contribution in [0, 0.1) is 6.92 Å². The number of amides is 1. The number of ether oxygens (including phenoxy) is 1. The molecule has 5 nitrogen and oxygen atoms in total. The summed E-state index contributed by atoms with van der Waals surface area (Å²) in [5.74, 6) is -0.861. The Hall–Kier alpha value is -3.51. The van der Waals surface area contributed by atoms with Crippen LogP contribution in [0.5, 0.6) is 0 Å². The van der Waals surface area contributed by atoms with E-state index in [1.807, 2.05) is 75.4 Å². The van der Waals surface area contributed by atoms with Gasteiger partial charge in [0.1, 0.15) is 5.01 Å². The lowest BCUT2D eigenvalue weighted by atomic mass is 10.1. The van der Waals surface area contributed by atoms with Crippen LogP contribution in [0.3, 0.4) is 0 Å². The Balaban J connectivity index is 1.57. The lowest BCUT2D eigenvalue weighted by Gasteiger charge is -2.19. The zero-order valence-electron chi connectivity index (χ0n) is 18.9. The molecule has 0 aliphatic carbocycles. The van der Waals surface area contributed by atoms with E-state index in [2.05, 4.69) is 10.3 Å². The highest BCUT2D eigenvalue weighted by Gasteiger charge is 2.25. The summed E-state index contributed by atoms with van der Waals surface area (Å²) in [6.07, 6.45) is 0.266. The molecule has 0 saturated heterocycles. The zero-order chi connectivity index (χ0) is 23.4. The second-order valence-corrected chi connectivity index (χ2v) is 8.82. The number of aryl methyl sites for hydroxylation is 2. The van der Waals surface area contributed by atoms with E-state index in [-0.39, 0.29) is 5.91 Å². The summed E-state index contributed by atoms with van der Waals surface area (Å²) in [5, 5.41) is 3.72. The van der Waals surface area contributed by atoms with Crippen LogP contribution in [-0.2, 0) is 16.0 Å². The number of nitrogens with one attached hydrogen (secondary N) is 1. The monoisotopic (exact) mass is 458 g/mol. The Labute approximate surface area is 197 Å². The van der Waals surface area contributed by atoms with Crippen molar-refractivity contribution in [2.75, 3.05) is 5.32 Å². The molecule has 6 heteroatoms. The van der Waals surface area contributed by atoms with Crippen LogP contribution in [0.2, 0.25) is 0 Å². The zero-order valence-corrected chi connectivity index (χ0v) is 19.7. The highest BCUT2D eigenvalue weighted by atomic mass is 32.1. The maximum absolute atomic E-state index is 13.1. The fourth-order valence-corrected chi connectivity index (χ4v) is 4.76. The van der Waals surface area contributed by atoms with Gasteiger partial charge in [-0.3, -0.25) is 4.79 Å². The van der Waals surface area contributed by atoms with Gasteiger partial charge in [-0.1, -0.05) is 62.4 Å². The minimum absolute atomic E-state index is 0.327. The van der Waals surface area contributed by atoms with Crippen molar-refractivity contribution in [1.29, 1.82) is 0 Å². The number of carbonyl (C=O) groups excluding carboxylic acids is 2. The summed E-state index contributed by atoms with van der Waals surface area (Å²) in [5.41, 5.74) is 4.79. The molecule has 33 heavy (non-hydrogen) atoms. The second-order valence-electron chi connectivity index (χ2n) is 7.79. The van der Waals surface area contributed by atoms with E-state index in [4.69, 9.17) is 4.74 Å². The van der Waals surface area contributed by atoms with Gasteiger partial charge in [0, 0.05) is 11.3 Å². The fourth-order valence-electron chi connectivity index (χ4n) is 3.76. The number of carbonyl (C=O) groups is 2. The molecule has 1 heterocycles. The van der Waals surface area contributed by atoms with Crippen molar-refractivity contribution < 1.29 is 14.3 Å². The molecule has 0 radical (unpaired) electrons. The third kappa shape index (κ3) is 4.81. The smallest absolute Gasteiger partial charge is 0.339 e. The average molecular weight is 459 g/mol. The number of thiazole rings is 1. The summed E-state index contributed by atoms with van der Waals surface area (Å²) < 4.78 is 6.74. The van der Waals surface area contributed by atoms with E-state index in [0.29, 0.717) is 17.5 Å². The molecule has 1 unspecified atom stereocenters. The van der Waals surface area contributed by atoms with Gasteiger partial charge in [0.15, 0.2) is 6.10 Å². The number of fused-ring (bicyclic) bond motifs is 1. The number of hydrogen-bond donors (Lipinski definition) is 1. The van der Waals surface area contributed by atoms with Crippen molar-refractivity contribution in [3.8, 4) is 10.6 Å². The van der Waals surface area contributed by atoms with Crippen LogP contribution in [-0.4, -0.2) is 23.0 Å². The van der Waals surface area contributed by atoms with Crippen LogP contribution in [0.25, 0.3) is 20.8 Å². The predicted octanol–water partition coefficient (Wildman–Crippen LogP) is 6.41. The minimum Gasteiger partial charge on any atom is -0.449 e. The van der Waals surface area contributed by atoms with E-state index >= 15 is 0 Å². The highest BCUT2D eigenvalue weighted by Crippen LogP contribution is 2.32. The SMILES string of the molecule is CCc1cccc(C)c1NC(=O)C(CC)OC(=O)c1ccccc1-c1nc2ccccc2s1. The molecule has 0 bridgehead atoms. The summed E-state index contributed by atoms with van der Waals surface area (Å²) in [6.45, 7) is 5.83. The quantitative estimate of drug-likeness (QED) is 0.325. The first-order valence-corrected chi connectivity index (χ1v) is 11.9. The number of rotatable bonds is 7. The molecular weight excluding hydrogens is 432 g/mol. The number of nitrogens with zero attached hydrogens (tertiary/aromatic N) is 1. The lowest BCUT2D eigenvalue weighted by Crippen LogP contribution is -2.32. The highest BCUT2D eigenvalue weighted by molar-refractivity contribution is 7.21. The summed E-state index contributed by atoms with van der Waals surface area (Å²) in [6, 6.07) is 21.0. The predicted molar refractivity (Wildman–Crippen MR) is 134 cm³/mol. The molecule has 0 aliphatic heterocycles. The Morgan fingerprint density at radius 3 is 2.52 bits per heavy atom. The molecule has 0 spiro atoms.